The average Bonchev–Trinajstić information content (AvgIpc) is 2.53. The molecule has 1 nitrogen and oxygen atoms in total. The molecule has 0 aliphatic heterocycles. The van der Waals surface area contributed by atoms with E-state index in [4.69, 9.17) is 0 Å². The Bertz CT molecular complexity index is 711. The highest BCUT2D eigenvalue weighted by Gasteiger charge is 2.08. The molecule has 0 saturated carbocycles. The zero-order chi connectivity index (χ0) is 13.8. The van der Waals surface area contributed by atoms with Gasteiger partial charge in [0.05, 0.1) is 5.52 Å². The van der Waals surface area contributed by atoms with Crippen molar-refractivity contribution in [3.8, 4) is 0 Å². The lowest BCUT2D eigenvalue weighted by Gasteiger charge is -2.10. The van der Waals surface area contributed by atoms with Crippen molar-refractivity contribution in [2.45, 2.75) is 15.5 Å². The molecule has 0 fully saturated rings. The zero-order valence-corrected chi connectivity index (χ0v) is 12.9. The zero-order valence-electron chi connectivity index (χ0n) is 11.2. The molecular weight excluding hydrogens is 282 g/mol. The van der Waals surface area contributed by atoms with Crippen LogP contribution in [0, 0.1) is 0 Å². The number of rotatable bonds is 4. The molecule has 0 radical (unpaired) electrons. The minimum Gasteiger partial charge on any atom is -0.255 e. The second-order valence-corrected chi connectivity index (χ2v) is 6.28. The van der Waals surface area contributed by atoms with Gasteiger partial charge in [-0.1, -0.05) is 48.5 Å². The van der Waals surface area contributed by atoms with Crippen LogP contribution in [-0.2, 0) is 5.75 Å². The molecule has 3 heteroatoms. The highest BCUT2D eigenvalue weighted by atomic mass is 32.2. The molecule has 100 valence electrons. The molecule has 0 saturated heterocycles. The number of thioether (sulfide) groups is 2. The minimum absolute atomic E-state index is 0.981. The average molecular weight is 297 g/mol. The van der Waals surface area contributed by atoms with E-state index >= 15 is 0 Å². The van der Waals surface area contributed by atoms with Gasteiger partial charge < -0.3 is 0 Å². The molecule has 1 aromatic heterocycles. The number of hydrogen-bond acceptors (Lipinski definition) is 3. The van der Waals surface area contributed by atoms with E-state index in [1.54, 1.807) is 11.8 Å². The van der Waals surface area contributed by atoms with Crippen molar-refractivity contribution in [3.05, 3.63) is 66.4 Å². The highest BCUT2D eigenvalue weighted by Crippen LogP contribution is 2.36. The van der Waals surface area contributed by atoms with Gasteiger partial charge in [0.25, 0.3) is 0 Å². The van der Waals surface area contributed by atoms with Gasteiger partial charge >= 0.3 is 0 Å². The van der Waals surface area contributed by atoms with E-state index in [0.717, 1.165) is 11.3 Å². The van der Waals surface area contributed by atoms with Crippen molar-refractivity contribution in [2.75, 3.05) is 6.26 Å². The summed E-state index contributed by atoms with van der Waals surface area (Å²) >= 11 is 3.66. The van der Waals surface area contributed by atoms with Crippen LogP contribution < -0.4 is 0 Å². The Balaban J connectivity index is 1.91. The molecule has 1 heterocycles. The van der Waals surface area contributed by atoms with Crippen LogP contribution in [0.1, 0.15) is 5.56 Å². The van der Waals surface area contributed by atoms with Gasteiger partial charge in [-0.15, -0.1) is 23.5 Å². The molecule has 3 aromatic rings. The summed E-state index contributed by atoms with van der Waals surface area (Å²) in [4.78, 5) is 7.16. The van der Waals surface area contributed by atoms with Crippen LogP contribution in [-0.4, -0.2) is 11.2 Å². The summed E-state index contributed by atoms with van der Waals surface area (Å²) in [7, 11) is 0. The molecule has 2 aromatic carbocycles. The molecule has 0 aliphatic carbocycles. The van der Waals surface area contributed by atoms with E-state index in [0.29, 0.717) is 0 Å². The predicted molar refractivity (Wildman–Crippen MR) is 89.5 cm³/mol. The number of para-hydroxylation sites is 1. The molecular formula is C17H15NS2. The SMILES string of the molecule is CSc1c(SCc2ccccc2)cnc2ccccc12. The first-order valence-corrected chi connectivity index (χ1v) is 8.68. The lowest BCUT2D eigenvalue weighted by Crippen LogP contribution is -1.87. The summed E-state index contributed by atoms with van der Waals surface area (Å²) < 4.78 is 0. The first kappa shape index (κ1) is 13.5. The lowest BCUT2D eigenvalue weighted by molar-refractivity contribution is 1.19. The monoisotopic (exact) mass is 297 g/mol. The van der Waals surface area contributed by atoms with E-state index in [2.05, 4.69) is 59.8 Å². The van der Waals surface area contributed by atoms with Crippen LogP contribution >= 0.6 is 23.5 Å². The van der Waals surface area contributed by atoms with E-state index < -0.39 is 0 Å². The van der Waals surface area contributed by atoms with E-state index in [-0.39, 0.29) is 0 Å². The van der Waals surface area contributed by atoms with E-state index in [1.807, 2.05) is 24.0 Å². The summed E-state index contributed by atoms with van der Waals surface area (Å²) in [6.07, 6.45) is 4.14. The third-order valence-electron chi connectivity index (χ3n) is 3.13. The van der Waals surface area contributed by atoms with Gasteiger partial charge in [0, 0.05) is 27.1 Å². The number of nitrogens with zero attached hydrogens (tertiary/aromatic N) is 1. The molecule has 20 heavy (non-hydrogen) atoms. The molecule has 0 N–H and O–H groups in total. The third kappa shape index (κ3) is 2.84. The summed E-state index contributed by atoms with van der Waals surface area (Å²) in [6.45, 7) is 0. The summed E-state index contributed by atoms with van der Waals surface area (Å²) in [5, 5.41) is 1.25. The van der Waals surface area contributed by atoms with Gasteiger partial charge in [-0.05, 0) is 17.9 Å². The molecule has 0 amide bonds. The number of fused-ring (bicyclic) bond motifs is 1. The second kappa shape index (κ2) is 6.33. The Morgan fingerprint density at radius 3 is 2.50 bits per heavy atom. The Morgan fingerprint density at radius 2 is 1.70 bits per heavy atom. The largest absolute Gasteiger partial charge is 0.255 e. The van der Waals surface area contributed by atoms with Crippen molar-refractivity contribution in [1.29, 1.82) is 0 Å². The standard InChI is InChI=1S/C17H15NS2/c1-19-17-14-9-5-6-10-15(14)18-11-16(17)20-12-13-7-3-2-4-8-13/h2-11H,12H2,1H3. The molecule has 3 rings (SSSR count). The second-order valence-electron chi connectivity index (χ2n) is 4.45. The van der Waals surface area contributed by atoms with Crippen LogP contribution in [0.3, 0.4) is 0 Å². The van der Waals surface area contributed by atoms with Crippen molar-refractivity contribution in [2.24, 2.45) is 0 Å². The third-order valence-corrected chi connectivity index (χ3v) is 5.21. The van der Waals surface area contributed by atoms with Crippen molar-refractivity contribution in [3.63, 3.8) is 0 Å². The quantitative estimate of drug-likeness (QED) is 0.610. The lowest BCUT2D eigenvalue weighted by atomic mass is 10.2. The van der Waals surface area contributed by atoms with Gasteiger partial charge in [-0.3, -0.25) is 4.98 Å². The predicted octanol–water partition coefficient (Wildman–Crippen LogP) is 5.25. The fourth-order valence-corrected chi connectivity index (χ4v) is 4.10. The van der Waals surface area contributed by atoms with Crippen LogP contribution in [0.2, 0.25) is 0 Å². The molecule has 0 unspecified atom stereocenters. The number of aromatic nitrogens is 1. The summed E-state index contributed by atoms with van der Waals surface area (Å²) in [5.74, 6) is 0.981. The maximum absolute atomic E-state index is 4.57. The first-order chi connectivity index (χ1) is 9.88. The maximum atomic E-state index is 4.57. The molecule has 0 aliphatic rings. The van der Waals surface area contributed by atoms with Crippen LogP contribution in [0.5, 0.6) is 0 Å². The van der Waals surface area contributed by atoms with Gasteiger partial charge in [-0.2, -0.15) is 0 Å². The Hall–Kier alpha value is -1.45. The van der Waals surface area contributed by atoms with Crippen molar-refractivity contribution >= 4 is 34.4 Å². The van der Waals surface area contributed by atoms with Gasteiger partial charge in [0.15, 0.2) is 0 Å². The molecule has 0 atom stereocenters. The number of benzene rings is 2. The van der Waals surface area contributed by atoms with Crippen molar-refractivity contribution < 1.29 is 0 Å². The maximum Gasteiger partial charge on any atom is 0.0714 e. The molecule has 0 bridgehead atoms. The van der Waals surface area contributed by atoms with Gasteiger partial charge in [0.1, 0.15) is 0 Å². The fraction of sp³-hybridized carbons (Fsp3) is 0.118. The Morgan fingerprint density at radius 1 is 0.950 bits per heavy atom. The number of hydrogen-bond donors (Lipinski definition) is 0. The van der Waals surface area contributed by atoms with E-state index in [9.17, 15) is 0 Å². The smallest absolute Gasteiger partial charge is 0.0714 e. The highest BCUT2D eigenvalue weighted by molar-refractivity contribution is 8.01. The van der Waals surface area contributed by atoms with Gasteiger partial charge in [0.2, 0.25) is 0 Å². The summed E-state index contributed by atoms with van der Waals surface area (Å²) in [5.41, 5.74) is 2.42. The van der Waals surface area contributed by atoms with E-state index in [1.165, 1.54) is 20.7 Å². The minimum atomic E-state index is 0.981. The van der Waals surface area contributed by atoms with Crippen molar-refractivity contribution in [1.82, 2.24) is 4.98 Å². The normalized spacial score (nSPS) is 10.8. The summed E-state index contributed by atoms with van der Waals surface area (Å²) in [6, 6.07) is 18.9. The Kier molecular flexibility index (Phi) is 4.28. The van der Waals surface area contributed by atoms with Crippen LogP contribution in [0.4, 0.5) is 0 Å². The number of pyridine rings is 1. The Labute approximate surface area is 127 Å². The van der Waals surface area contributed by atoms with Gasteiger partial charge in [-0.25, -0.2) is 0 Å². The fourth-order valence-electron chi connectivity index (χ4n) is 2.15. The topological polar surface area (TPSA) is 12.9 Å². The first-order valence-electron chi connectivity index (χ1n) is 6.47. The molecule has 0 spiro atoms. The van der Waals surface area contributed by atoms with Crippen LogP contribution in [0.15, 0.2) is 70.6 Å². The van der Waals surface area contributed by atoms with Crippen LogP contribution in [0.25, 0.3) is 10.9 Å².